The van der Waals surface area contributed by atoms with E-state index in [2.05, 4.69) is 26.6 Å². The largest absolute Gasteiger partial charge is 0.492 e. The SMILES string of the molecule is Cl.O=C(CCCOc1ccccc1Br)NC1CCNC1. The maximum Gasteiger partial charge on any atom is 0.220 e. The molecule has 1 heterocycles. The van der Waals surface area contributed by atoms with Gasteiger partial charge in [-0.15, -0.1) is 12.4 Å². The molecule has 1 atom stereocenters. The summed E-state index contributed by atoms with van der Waals surface area (Å²) in [4.78, 5) is 11.7. The van der Waals surface area contributed by atoms with Crippen molar-refractivity contribution < 1.29 is 9.53 Å². The fourth-order valence-corrected chi connectivity index (χ4v) is 2.45. The monoisotopic (exact) mass is 362 g/mol. The summed E-state index contributed by atoms with van der Waals surface area (Å²) in [6.07, 6.45) is 2.27. The van der Waals surface area contributed by atoms with E-state index in [1.807, 2.05) is 24.3 Å². The molecule has 0 radical (unpaired) electrons. The van der Waals surface area contributed by atoms with Crippen LogP contribution in [0.1, 0.15) is 19.3 Å². The fourth-order valence-electron chi connectivity index (χ4n) is 2.05. The molecule has 2 N–H and O–H groups in total. The third-order valence-corrected chi connectivity index (χ3v) is 3.72. The topological polar surface area (TPSA) is 50.4 Å². The Balaban J connectivity index is 0.00000200. The van der Waals surface area contributed by atoms with Gasteiger partial charge in [-0.1, -0.05) is 12.1 Å². The molecule has 1 saturated heterocycles. The van der Waals surface area contributed by atoms with Crippen LogP contribution in [0.4, 0.5) is 0 Å². The molecular weight excluding hydrogens is 344 g/mol. The van der Waals surface area contributed by atoms with Gasteiger partial charge in [-0.2, -0.15) is 0 Å². The second kappa shape index (κ2) is 9.21. The molecule has 20 heavy (non-hydrogen) atoms. The van der Waals surface area contributed by atoms with Crippen molar-refractivity contribution in [2.24, 2.45) is 0 Å². The molecule has 1 amide bonds. The number of hydrogen-bond acceptors (Lipinski definition) is 3. The molecule has 0 aromatic heterocycles. The summed E-state index contributed by atoms with van der Waals surface area (Å²) in [5, 5.41) is 6.25. The third-order valence-electron chi connectivity index (χ3n) is 3.07. The van der Waals surface area contributed by atoms with Crippen molar-refractivity contribution in [3.63, 3.8) is 0 Å². The van der Waals surface area contributed by atoms with Crippen LogP contribution in [0, 0.1) is 0 Å². The van der Waals surface area contributed by atoms with E-state index in [0.717, 1.165) is 36.2 Å². The van der Waals surface area contributed by atoms with Gasteiger partial charge in [-0.25, -0.2) is 0 Å². The molecule has 1 aliphatic rings. The van der Waals surface area contributed by atoms with Crippen LogP contribution in [0.2, 0.25) is 0 Å². The quantitative estimate of drug-likeness (QED) is 0.764. The van der Waals surface area contributed by atoms with Gasteiger partial charge in [0.05, 0.1) is 11.1 Å². The summed E-state index contributed by atoms with van der Waals surface area (Å²) in [6, 6.07) is 8.03. The number of para-hydroxylation sites is 1. The number of amides is 1. The van der Waals surface area contributed by atoms with Crippen molar-refractivity contribution in [2.75, 3.05) is 19.7 Å². The van der Waals surface area contributed by atoms with Crippen LogP contribution in [0.3, 0.4) is 0 Å². The second-order valence-corrected chi connectivity index (χ2v) is 5.49. The number of carbonyl (C=O) groups excluding carboxylic acids is 1. The van der Waals surface area contributed by atoms with Gasteiger partial charge in [0.2, 0.25) is 5.91 Å². The van der Waals surface area contributed by atoms with E-state index in [1.54, 1.807) is 0 Å². The lowest BCUT2D eigenvalue weighted by Crippen LogP contribution is -2.36. The second-order valence-electron chi connectivity index (χ2n) is 4.64. The summed E-state index contributed by atoms with van der Waals surface area (Å²) in [7, 11) is 0. The molecule has 6 heteroatoms. The van der Waals surface area contributed by atoms with Crippen molar-refractivity contribution in [2.45, 2.75) is 25.3 Å². The molecule has 1 aromatic rings. The third kappa shape index (κ3) is 5.69. The van der Waals surface area contributed by atoms with Crippen molar-refractivity contribution >= 4 is 34.2 Å². The number of hydrogen-bond donors (Lipinski definition) is 2. The molecule has 1 aliphatic heterocycles. The molecule has 0 spiro atoms. The zero-order chi connectivity index (χ0) is 13.5. The molecule has 1 aromatic carbocycles. The lowest BCUT2D eigenvalue weighted by molar-refractivity contribution is -0.121. The molecule has 1 fully saturated rings. The van der Waals surface area contributed by atoms with Crippen LogP contribution >= 0.6 is 28.3 Å². The number of carbonyl (C=O) groups is 1. The first-order valence-corrected chi connectivity index (χ1v) is 7.42. The zero-order valence-corrected chi connectivity index (χ0v) is 13.6. The van der Waals surface area contributed by atoms with Crippen molar-refractivity contribution in [1.29, 1.82) is 0 Å². The standard InChI is InChI=1S/C14H19BrN2O2.ClH/c15-12-4-1-2-5-13(12)19-9-3-6-14(18)17-11-7-8-16-10-11;/h1-2,4-5,11,16H,3,6-10H2,(H,17,18);1H. The summed E-state index contributed by atoms with van der Waals surface area (Å²) in [5.74, 6) is 0.937. The van der Waals surface area contributed by atoms with E-state index in [-0.39, 0.29) is 18.3 Å². The summed E-state index contributed by atoms with van der Waals surface area (Å²) in [6.45, 7) is 2.44. The highest BCUT2D eigenvalue weighted by Gasteiger charge is 2.16. The average molecular weight is 364 g/mol. The number of nitrogens with one attached hydrogen (secondary N) is 2. The van der Waals surface area contributed by atoms with Gasteiger partial charge in [0.15, 0.2) is 0 Å². The van der Waals surface area contributed by atoms with Gasteiger partial charge < -0.3 is 15.4 Å². The van der Waals surface area contributed by atoms with E-state index < -0.39 is 0 Å². The van der Waals surface area contributed by atoms with E-state index in [0.29, 0.717) is 19.1 Å². The van der Waals surface area contributed by atoms with Crippen molar-refractivity contribution in [1.82, 2.24) is 10.6 Å². The molecular formula is C14H20BrClN2O2. The molecule has 2 rings (SSSR count). The van der Waals surface area contributed by atoms with Crippen LogP contribution in [0.5, 0.6) is 5.75 Å². The van der Waals surface area contributed by atoms with Crippen LogP contribution in [0.15, 0.2) is 28.7 Å². The Labute approximate surface area is 134 Å². The Morgan fingerprint density at radius 2 is 2.25 bits per heavy atom. The Bertz CT molecular complexity index is 425. The molecule has 1 unspecified atom stereocenters. The Morgan fingerprint density at radius 3 is 2.95 bits per heavy atom. The van der Waals surface area contributed by atoms with E-state index in [4.69, 9.17) is 4.74 Å². The number of benzene rings is 1. The molecule has 0 aliphatic carbocycles. The van der Waals surface area contributed by atoms with Crippen molar-refractivity contribution in [3.8, 4) is 5.75 Å². The maximum absolute atomic E-state index is 11.7. The highest BCUT2D eigenvalue weighted by Crippen LogP contribution is 2.23. The normalized spacial score (nSPS) is 17.4. The smallest absolute Gasteiger partial charge is 0.220 e. The maximum atomic E-state index is 11.7. The minimum atomic E-state index is 0. The summed E-state index contributed by atoms with van der Waals surface area (Å²) < 4.78 is 6.56. The first-order chi connectivity index (χ1) is 9.25. The number of ether oxygens (including phenoxy) is 1. The van der Waals surface area contributed by atoms with Gasteiger partial charge in [-0.3, -0.25) is 4.79 Å². The van der Waals surface area contributed by atoms with Crippen molar-refractivity contribution in [3.05, 3.63) is 28.7 Å². The first kappa shape index (κ1) is 17.3. The minimum Gasteiger partial charge on any atom is -0.492 e. The number of rotatable bonds is 6. The molecule has 4 nitrogen and oxygen atoms in total. The molecule has 112 valence electrons. The predicted octanol–water partition coefficient (Wildman–Crippen LogP) is 2.51. The summed E-state index contributed by atoms with van der Waals surface area (Å²) >= 11 is 3.42. The van der Waals surface area contributed by atoms with Crippen LogP contribution in [-0.4, -0.2) is 31.6 Å². The van der Waals surface area contributed by atoms with Gasteiger partial charge in [0.1, 0.15) is 5.75 Å². The average Bonchev–Trinajstić information content (AvgIpc) is 2.89. The lowest BCUT2D eigenvalue weighted by atomic mass is 10.2. The number of halogens is 2. The Kier molecular flexibility index (Phi) is 7.95. The fraction of sp³-hybridized carbons (Fsp3) is 0.500. The van der Waals surface area contributed by atoms with Gasteiger partial charge >= 0.3 is 0 Å². The minimum absolute atomic E-state index is 0. The van der Waals surface area contributed by atoms with E-state index >= 15 is 0 Å². The lowest BCUT2D eigenvalue weighted by Gasteiger charge is -2.11. The molecule has 0 saturated carbocycles. The van der Waals surface area contributed by atoms with Crippen LogP contribution in [0.25, 0.3) is 0 Å². The van der Waals surface area contributed by atoms with E-state index in [1.165, 1.54) is 0 Å². The Morgan fingerprint density at radius 1 is 1.45 bits per heavy atom. The van der Waals surface area contributed by atoms with Crippen LogP contribution in [-0.2, 0) is 4.79 Å². The Hall–Kier alpha value is -0.780. The summed E-state index contributed by atoms with van der Waals surface area (Å²) in [5.41, 5.74) is 0. The van der Waals surface area contributed by atoms with E-state index in [9.17, 15) is 4.79 Å². The zero-order valence-electron chi connectivity index (χ0n) is 11.2. The van der Waals surface area contributed by atoms with Gasteiger partial charge in [0.25, 0.3) is 0 Å². The van der Waals surface area contributed by atoms with Gasteiger partial charge in [-0.05, 0) is 47.4 Å². The van der Waals surface area contributed by atoms with Crippen LogP contribution < -0.4 is 15.4 Å². The van der Waals surface area contributed by atoms with Gasteiger partial charge in [0, 0.05) is 19.0 Å². The predicted molar refractivity (Wildman–Crippen MR) is 85.5 cm³/mol. The highest BCUT2D eigenvalue weighted by molar-refractivity contribution is 9.10. The highest BCUT2D eigenvalue weighted by atomic mass is 79.9. The first-order valence-electron chi connectivity index (χ1n) is 6.63. The molecule has 0 bridgehead atoms.